The van der Waals surface area contributed by atoms with E-state index in [2.05, 4.69) is 15.5 Å². The average molecular weight is 424 g/mol. The second-order valence-electron chi connectivity index (χ2n) is 7.40. The van der Waals surface area contributed by atoms with Gasteiger partial charge in [0.15, 0.2) is 11.5 Å². The largest absolute Gasteiger partial charge is 0.493 e. The van der Waals surface area contributed by atoms with E-state index in [4.69, 9.17) is 14.0 Å². The molecule has 2 heterocycles. The van der Waals surface area contributed by atoms with Gasteiger partial charge in [-0.3, -0.25) is 9.59 Å². The van der Waals surface area contributed by atoms with Crippen LogP contribution in [0.3, 0.4) is 0 Å². The minimum absolute atomic E-state index is 0.0557. The second kappa shape index (κ2) is 9.03. The Morgan fingerprint density at radius 2 is 1.97 bits per heavy atom. The normalized spacial score (nSPS) is 13.9. The molecule has 2 aromatic heterocycles. The summed E-state index contributed by atoms with van der Waals surface area (Å²) in [6.45, 7) is -0.0557. The molecule has 1 saturated carbocycles. The predicted molar refractivity (Wildman–Crippen MR) is 113 cm³/mol. The van der Waals surface area contributed by atoms with Gasteiger partial charge in [0.2, 0.25) is 11.7 Å². The fourth-order valence-corrected chi connectivity index (χ4v) is 3.75. The Morgan fingerprint density at radius 3 is 2.71 bits per heavy atom. The molecular formula is C22H24N4O5. The van der Waals surface area contributed by atoms with E-state index in [1.54, 1.807) is 50.7 Å². The van der Waals surface area contributed by atoms with E-state index >= 15 is 0 Å². The third kappa shape index (κ3) is 4.45. The number of nitrogens with one attached hydrogen (secondary N) is 1. The van der Waals surface area contributed by atoms with Gasteiger partial charge in [-0.05, 0) is 43.2 Å². The highest BCUT2D eigenvalue weighted by Crippen LogP contribution is 2.31. The molecule has 9 nitrogen and oxygen atoms in total. The number of hydrogen-bond donors (Lipinski definition) is 1. The number of nitrogens with zero attached hydrogens (tertiary/aromatic N) is 3. The van der Waals surface area contributed by atoms with E-state index in [0.717, 1.165) is 25.7 Å². The summed E-state index contributed by atoms with van der Waals surface area (Å²) in [4.78, 5) is 29.6. The summed E-state index contributed by atoms with van der Waals surface area (Å²) >= 11 is 0. The van der Waals surface area contributed by atoms with Gasteiger partial charge in [-0.15, -0.1) is 0 Å². The number of benzene rings is 1. The van der Waals surface area contributed by atoms with Crippen molar-refractivity contribution >= 4 is 5.91 Å². The SMILES string of the molecule is COc1ccc(-c2noc(-c3cccn(CC(=O)NC4CCCC4)c3=O)n2)cc1OC. The quantitative estimate of drug-likeness (QED) is 0.621. The molecular weight excluding hydrogens is 400 g/mol. The van der Waals surface area contributed by atoms with Crippen molar-refractivity contribution in [2.45, 2.75) is 38.3 Å². The van der Waals surface area contributed by atoms with Crippen LogP contribution >= 0.6 is 0 Å². The van der Waals surface area contributed by atoms with Crippen LogP contribution in [0.2, 0.25) is 0 Å². The van der Waals surface area contributed by atoms with Crippen LogP contribution in [-0.4, -0.2) is 40.9 Å². The van der Waals surface area contributed by atoms with E-state index in [1.807, 2.05) is 0 Å². The maximum Gasteiger partial charge on any atom is 0.263 e. The first-order valence-corrected chi connectivity index (χ1v) is 10.1. The lowest BCUT2D eigenvalue weighted by atomic mass is 10.2. The summed E-state index contributed by atoms with van der Waals surface area (Å²) in [7, 11) is 3.09. The van der Waals surface area contributed by atoms with Gasteiger partial charge in [0.25, 0.3) is 11.4 Å². The zero-order valence-electron chi connectivity index (χ0n) is 17.5. The van der Waals surface area contributed by atoms with E-state index in [1.165, 1.54) is 4.57 Å². The van der Waals surface area contributed by atoms with Crippen molar-refractivity contribution in [2.24, 2.45) is 0 Å². The van der Waals surface area contributed by atoms with Gasteiger partial charge in [0.05, 0.1) is 14.2 Å². The van der Waals surface area contributed by atoms with Crippen LogP contribution in [0.15, 0.2) is 45.8 Å². The Morgan fingerprint density at radius 1 is 1.19 bits per heavy atom. The van der Waals surface area contributed by atoms with Crippen molar-refractivity contribution in [2.75, 3.05) is 14.2 Å². The Labute approximate surface area is 179 Å². The third-order valence-electron chi connectivity index (χ3n) is 5.35. The van der Waals surface area contributed by atoms with Crippen molar-refractivity contribution in [1.82, 2.24) is 20.0 Å². The van der Waals surface area contributed by atoms with Crippen molar-refractivity contribution in [1.29, 1.82) is 0 Å². The molecule has 3 aromatic rings. The molecule has 0 spiro atoms. The van der Waals surface area contributed by atoms with Crippen LogP contribution in [0.5, 0.6) is 11.5 Å². The number of methoxy groups -OCH3 is 2. The lowest BCUT2D eigenvalue weighted by Crippen LogP contribution is -2.37. The molecule has 0 aliphatic heterocycles. The molecule has 0 atom stereocenters. The Kier molecular flexibility index (Phi) is 6.01. The van der Waals surface area contributed by atoms with Crippen LogP contribution in [0, 0.1) is 0 Å². The molecule has 0 saturated heterocycles. The summed E-state index contributed by atoms with van der Waals surface area (Å²) in [5.41, 5.74) is 0.516. The second-order valence-corrected chi connectivity index (χ2v) is 7.40. The molecule has 1 aliphatic carbocycles. The van der Waals surface area contributed by atoms with Gasteiger partial charge in [-0.2, -0.15) is 4.98 Å². The number of hydrogen-bond acceptors (Lipinski definition) is 7. The lowest BCUT2D eigenvalue weighted by Gasteiger charge is -2.12. The zero-order valence-corrected chi connectivity index (χ0v) is 17.5. The first-order chi connectivity index (χ1) is 15.1. The van der Waals surface area contributed by atoms with Gasteiger partial charge in [-0.1, -0.05) is 18.0 Å². The molecule has 1 aliphatic rings. The molecule has 1 aromatic carbocycles. The highest BCUT2D eigenvalue weighted by Gasteiger charge is 2.19. The smallest absolute Gasteiger partial charge is 0.263 e. The maximum absolute atomic E-state index is 12.9. The topological polar surface area (TPSA) is 108 Å². The van der Waals surface area contributed by atoms with Gasteiger partial charge >= 0.3 is 0 Å². The molecule has 1 fully saturated rings. The van der Waals surface area contributed by atoms with Gasteiger partial charge < -0.3 is 23.9 Å². The third-order valence-corrected chi connectivity index (χ3v) is 5.35. The van der Waals surface area contributed by atoms with Crippen LogP contribution in [-0.2, 0) is 11.3 Å². The standard InChI is InChI=1S/C22H24N4O5/c1-29-17-10-9-14(12-18(17)30-2)20-24-21(31-25-20)16-8-5-11-26(22(16)28)13-19(27)23-15-6-3-4-7-15/h5,8-12,15H,3-4,6-7,13H2,1-2H3,(H,23,27). The van der Waals surface area contributed by atoms with E-state index in [9.17, 15) is 9.59 Å². The van der Waals surface area contributed by atoms with E-state index < -0.39 is 0 Å². The van der Waals surface area contributed by atoms with Gasteiger partial charge in [-0.25, -0.2) is 0 Å². The molecule has 0 radical (unpaired) electrons. The van der Waals surface area contributed by atoms with Crippen LogP contribution < -0.4 is 20.3 Å². The molecule has 162 valence electrons. The minimum atomic E-state index is -0.369. The number of carbonyl (C=O) groups is 1. The first kappa shape index (κ1) is 20.6. The van der Waals surface area contributed by atoms with Crippen molar-refractivity contribution in [3.8, 4) is 34.3 Å². The fraction of sp³-hybridized carbons (Fsp3) is 0.364. The number of ether oxygens (including phenoxy) is 2. The van der Waals surface area contributed by atoms with Crippen LogP contribution in [0.1, 0.15) is 25.7 Å². The summed E-state index contributed by atoms with van der Waals surface area (Å²) in [5, 5.41) is 6.97. The Balaban J connectivity index is 1.55. The fourth-order valence-electron chi connectivity index (χ4n) is 3.75. The molecule has 1 amide bonds. The molecule has 0 unspecified atom stereocenters. The number of rotatable bonds is 7. The van der Waals surface area contributed by atoms with E-state index in [-0.39, 0.29) is 35.5 Å². The monoisotopic (exact) mass is 424 g/mol. The number of amides is 1. The zero-order chi connectivity index (χ0) is 21.8. The number of carbonyl (C=O) groups excluding carboxylic acids is 1. The summed E-state index contributed by atoms with van der Waals surface area (Å²) in [5.74, 6) is 1.33. The van der Waals surface area contributed by atoms with Crippen molar-refractivity contribution in [3.63, 3.8) is 0 Å². The van der Waals surface area contributed by atoms with Crippen LogP contribution in [0.4, 0.5) is 0 Å². The molecule has 4 rings (SSSR count). The predicted octanol–water partition coefficient (Wildman–Crippen LogP) is 2.64. The highest BCUT2D eigenvalue weighted by atomic mass is 16.5. The lowest BCUT2D eigenvalue weighted by molar-refractivity contribution is -0.122. The summed E-state index contributed by atoms with van der Waals surface area (Å²) < 4.78 is 17.2. The molecule has 9 heteroatoms. The van der Waals surface area contributed by atoms with Gasteiger partial charge in [0, 0.05) is 17.8 Å². The first-order valence-electron chi connectivity index (χ1n) is 10.1. The minimum Gasteiger partial charge on any atom is -0.493 e. The van der Waals surface area contributed by atoms with Crippen molar-refractivity contribution in [3.05, 3.63) is 46.9 Å². The summed E-state index contributed by atoms with van der Waals surface area (Å²) in [6.07, 6.45) is 5.80. The van der Waals surface area contributed by atoms with Gasteiger partial charge in [0.1, 0.15) is 12.1 Å². The maximum atomic E-state index is 12.9. The average Bonchev–Trinajstić information content (AvgIpc) is 3.47. The highest BCUT2D eigenvalue weighted by molar-refractivity contribution is 5.76. The summed E-state index contributed by atoms with van der Waals surface area (Å²) in [6, 6.07) is 8.71. The van der Waals surface area contributed by atoms with Crippen molar-refractivity contribution < 1.29 is 18.8 Å². The van der Waals surface area contributed by atoms with E-state index in [0.29, 0.717) is 22.9 Å². The Hall–Kier alpha value is -3.62. The number of aromatic nitrogens is 3. The van der Waals surface area contributed by atoms with Crippen LogP contribution in [0.25, 0.3) is 22.8 Å². The molecule has 1 N–H and O–H groups in total. The molecule has 31 heavy (non-hydrogen) atoms. The molecule has 0 bridgehead atoms. The number of pyridine rings is 1. The Bertz CT molecular complexity index is 1130.